The van der Waals surface area contributed by atoms with Gasteiger partial charge in [-0.25, -0.2) is 13.9 Å². The second-order valence-corrected chi connectivity index (χ2v) is 11.8. The van der Waals surface area contributed by atoms with Crippen molar-refractivity contribution in [1.82, 2.24) is 34.8 Å². The van der Waals surface area contributed by atoms with Crippen molar-refractivity contribution in [2.45, 2.75) is 89.8 Å². The lowest BCUT2D eigenvalue weighted by atomic mass is 9.88. The molecule has 0 bridgehead atoms. The van der Waals surface area contributed by atoms with Gasteiger partial charge in [0.15, 0.2) is 11.6 Å². The molecular weight excluding hydrogens is 609 g/mol. The van der Waals surface area contributed by atoms with E-state index in [0.29, 0.717) is 44.3 Å². The highest BCUT2D eigenvalue weighted by Crippen LogP contribution is 2.38. The first-order valence-electron chi connectivity index (χ1n) is 15.9. The average Bonchev–Trinajstić information content (AvgIpc) is 3.31. The van der Waals surface area contributed by atoms with Gasteiger partial charge in [0.05, 0.1) is 0 Å². The first-order valence-corrected chi connectivity index (χ1v) is 15.9. The Morgan fingerprint density at radius 1 is 0.957 bits per heavy atom. The Morgan fingerprint density at radius 3 is 2.26 bits per heavy atom. The predicted octanol–water partition coefficient (Wildman–Crippen LogP) is 5.55. The van der Waals surface area contributed by atoms with Gasteiger partial charge in [-0.1, -0.05) is 32.9 Å². The van der Waals surface area contributed by atoms with Crippen LogP contribution in [-0.2, 0) is 17.8 Å². The molecule has 1 fully saturated rings. The summed E-state index contributed by atoms with van der Waals surface area (Å²) in [5.41, 5.74) is 0.452. The molecule has 1 N–H and O–H groups in total. The van der Waals surface area contributed by atoms with E-state index in [4.69, 9.17) is 0 Å². The van der Waals surface area contributed by atoms with Crippen molar-refractivity contribution in [2.75, 3.05) is 32.7 Å². The number of halogens is 5. The zero-order valence-corrected chi connectivity index (χ0v) is 26.5. The number of likely N-dealkylation sites (tertiary alicyclic amines) is 1. The van der Waals surface area contributed by atoms with Crippen molar-refractivity contribution in [3.05, 3.63) is 75.2 Å². The van der Waals surface area contributed by atoms with E-state index in [1.54, 1.807) is 11.0 Å². The molecule has 1 amide bonds. The number of rotatable bonds is 8. The molecule has 252 valence electrons. The van der Waals surface area contributed by atoms with Crippen LogP contribution in [0.4, 0.5) is 22.0 Å². The minimum Gasteiger partial charge on any atom is -0.343 e. The van der Waals surface area contributed by atoms with Crippen LogP contribution in [0, 0.1) is 11.6 Å². The van der Waals surface area contributed by atoms with Crippen LogP contribution in [0.25, 0.3) is 0 Å². The van der Waals surface area contributed by atoms with Crippen LogP contribution in [-0.4, -0.2) is 79.6 Å². The number of amides is 1. The van der Waals surface area contributed by atoms with E-state index in [1.165, 1.54) is 42.5 Å². The molecular formula is C32H42F5N7O2. The number of nitrogens with zero attached hydrogens (tertiary/aromatic N) is 6. The molecule has 0 unspecified atom stereocenters. The van der Waals surface area contributed by atoms with Crippen LogP contribution < -0.4 is 5.56 Å². The minimum atomic E-state index is -4.54. The maximum Gasteiger partial charge on any atom is 0.396 e. The number of aromatic nitrogens is 5. The minimum absolute atomic E-state index is 0.00299. The molecule has 2 aromatic heterocycles. The number of hydrogen-bond donors (Lipinski definition) is 1. The highest BCUT2D eigenvalue weighted by molar-refractivity contribution is 5.77. The maximum absolute atomic E-state index is 14.6. The Bertz CT molecular complexity index is 1490. The first kappa shape index (κ1) is 35.2. The van der Waals surface area contributed by atoms with Crippen molar-refractivity contribution in [1.29, 1.82) is 0 Å². The van der Waals surface area contributed by atoms with Crippen LogP contribution in [0.5, 0.6) is 0 Å². The lowest BCUT2D eigenvalue weighted by Gasteiger charge is -2.32. The molecule has 3 aromatic rings. The molecule has 9 nitrogen and oxygen atoms in total. The summed E-state index contributed by atoms with van der Waals surface area (Å²) >= 11 is 0. The van der Waals surface area contributed by atoms with Crippen molar-refractivity contribution >= 4 is 5.91 Å². The van der Waals surface area contributed by atoms with Crippen molar-refractivity contribution < 1.29 is 26.7 Å². The molecule has 4 heterocycles. The fourth-order valence-corrected chi connectivity index (χ4v) is 6.41. The van der Waals surface area contributed by atoms with Gasteiger partial charge in [-0.05, 0) is 68.9 Å². The molecule has 2 aliphatic heterocycles. The number of fused-ring (bicyclic) bond motifs is 1. The Balaban J connectivity index is 0.000000617. The standard InChI is InChI=1S/C26H27F5N6O2.C6H15N/c27-20-3-1-2-18(23(20)28)17-5-4-16(24-34-33-21(37(24)14-17)13-26(29,30)31)12-22(38)36-10-7-15(8-11-36)19-6-9-32-35-25(19)39;1-4-7(5-2)6-3/h1-3,6,9,15-17H,4-5,7-8,10-14H2,(H,35,39);4-6H2,1-3H3/t16-,17+;/m1./s1. The average molecular weight is 652 g/mol. The summed E-state index contributed by atoms with van der Waals surface area (Å²) in [6.45, 7) is 10.9. The summed E-state index contributed by atoms with van der Waals surface area (Å²) in [5.74, 6) is -3.45. The van der Waals surface area contributed by atoms with Gasteiger partial charge >= 0.3 is 6.18 Å². The normalized spacial score (nSPS) is 18.9. The Kier molecular flexibility index (Phi) is 12.0. The highest BCUT2D eigenvalue weighted by Gasteiger charge is 2.37. The molecule has 5 rings (SSSR count). The predicted molar refractivity (Wildman–Crippen MR) is 162 cm³/mol. The van der Waals surface area contributed by atoms with E-state index >= 15 is 0 Å². The monoisotopic (exact) mass is 651 g/mol. The van der Waals surface area contributed by atoms with Crippen LogP contribution in [0.3, 0.4) is 0 Å². The Morgan fingerprint density at radius 2 is 1.65 bits per heavy atom. The van der Waals surface area contributed by atoms with Gasteiger partial charge in [0.2, 0.25) is 5.91 Å². The maximum atomic E-state index is 14.6. The third-order valence-corrected chi connectivity index (χ3v) is 9.07. The van der Waals surface area contributed by atoms with Crippen LogP contribution in [0.15, 0.2) is 35.3 Å². The third kappa shape index (κ3) is 8.77. The van der Waals surface area contributed by atoms with E-state index in [-0.39, 0.29) is 47.6 Å². The van der Waals surface area contributed by atoms with Gasteiger partial charge in [-0.3, -0.25) is 9.59 Å². The molecule has 14 heteroatoms. The summed E-state index contributed by atoms with van der Waals surface area (Å²) in [6.07, 6.45) is -2.47. The zero-order valence-electron chi connectivity index (χ0n) is 26.5. The van der Waals surface area contributed by atoms with E-state index in [1.807, 2.05) is 0 Å². The van der Waals surface area contributed by atoms with Crippen molar-refractivity contribution in [3.8, 4) is 0 Å². The number of hydrogen-bond acceptors (Lipinski definition) is 6. The lowest BCUT2D eigenvalue weighted by Crippen LogP contribution is -2.39. The van der Waals surface area contributed by atoms with E-state index in [0.717, 1.165) is 6.07 Å². The van der Waals surface area contributed by atoms with E-state index in [9.17, 15) is 31.5 Å². The molecule has 46 heavy (non-hydrogen) atoms. The molecule has 1 aromatic carbocycles. The molecule has 1 saturated heterocycles. The number of carbonyl (C=O) groups excluding carboxylic acids is 1. The smallest absolute Gasteiger partial charge is 0.343 e. The Hall–Kier alpha value is -3.68. The van der Waals surface area contributed by atoms with Crippen LogP contribution >= 0.6 is 0 Å². The molecule has 2 aliphatic rings. The summed E-state index contributed by atoms with van der Waals surface area (Å²) in [6, 6.07) is 5.47. The number of piperidine rings is 1. The molecule has 2 atom stereocenters. The van der Waals surface area contributed by atoms with E-state index < -0.39 is 36.1 Å². The molecule has 0 radical (unpaired) electrons. The quantitative estimate of drug-likeness (QED) is 0.321. The second kappa shape index (κ2) is 15.7. The molecule has 0 aliphatic carbocycles. The summed E-state index contributed by atoms with van der Waals surface area (Å²) in [5, 5.41) is 14.0. The number of aromatic amines is 1. The molecule has 0 spiro atoms. The first-order chi connectivity index (χ1) is 21.9. The number of benzene rings is 1. The summed E-state index contributed by atoms with van der Waals surface area (Å²) in [4.78, 5) is 29.4. The summed E-state index contributed by atoms with van der Waals surface area (Å²) in [7, 11) is 0. The van der Waals surface area contributed by atoms with Crippen LogP contribution in [0.1, 0.15) is 93.4 Å². The van der Waals surface area contributed by atoms with Gasteiger partial charge in [0.25, 0.3) is 5.56 Å². The second-order valence-electron chi connectivity index (χ2n) is 11.8. The van der Waals surface area contributed by atoms with Crippen molar-refractivity contribution in [2.24, 2.45) is 0 Å². The number of alkyl halides is 3. The summed E-state index contributed by atoms with van der Waals surface area (Å²) < 4.78 is 69.8. The fourth-order valence-electron chi connectivity index (χ4n) is 6.41. The SMILES string of the molecule is CCN(CC)CC.O=C(C[C@H]1CC[C@H](c2cccc(F)c2F)Cn2c(CC(F)(F)F)nnc21)N1CCC(c2ccn[nH]c2=O)CC1. The third-order valence-electron chi connectivity index (χ3n) is 9.07. The number of nitrogens with one attached hydrogen (secondary N) is 1. The van der Waals surface area contributed by atoms with E-state index in [2.05, 4.69) is 46.1 Å². The molecule has 0 saturated carbocycles. The Labute approximate surface area is 265 Å². The van der Waals surface area contributed by atoms with Crippen LogP contribution in [0.2, 0.25) is 0 Å². The number of carbonyl (C=O) groups is 1. The largest absolute Gasteiger partial charge is 0.396 e. The lowest BCUT2D eigenvalue weighted by molar-refractivity contribution is -0.133. The van der Waals surface area contributed by atoms with Gasteiger partial charge in [0.1, 0.15) is 18.1 Å². The van der Waals surface area contributed by atoms with Gasteiger partial charge in [-0.15, -0.1) is 10.2 Å². The van der Waals surface area contributed by atoms with Gasteiger partial charge in [0, 0.05) is 49.7 Å². The number of H-pyrrole nitrogens is 1. The zero-order chi connectivity index (χ0) is 33.4. The van der Waals surface area contributed by atoms with Gasteiger partial charge < -0.3 is 14.4 Å². The highest BCUT2D eigenvalue weighted by atomic mass is 19.4. The fraction of sp³-hybridized carbons (Fsp3) is 0.594. The van der Waals surface area contributed by atoms with Crippen molar-refractivity contribution in [3.63, 3.8) is 0 Å². The van der Waals surface area contributed by atoms with Gasteiger partial charge in [-0.2, -0.15) is 18.3 Å². The topological polar surface area (TPSA) is 100 Å².